The second-order valence-electron chi connectivity index (χ2n) is 13.7. The molecule has 0 aromatic heterocycles. The number of quaternary nitrogens is 1. The first-order valence-electron chi connectivity index (χ1n) is 17.6. The molecule has 274 valence electrons. The van der Waals surface area contributed by atoms with Gasteiger partial charge in [0.1, 0.15) is 0 Å². The number of unbranched alkanes of at least 4 members (excludes halogenated alkanes) is 2. The molecule has 0 spiro atoms. The number of nitrogens with two attached hydrogens (primary N) is 1. The first-order chi connectivity index (χ1) is 23.1. The number of amides is 1. The van der Waals surface area contributed by atoms with Crippen LogP contribution in [0.3, 0.4) is 0 Å². The third kappa shape index (κ3) is 14.7. The minimum absolute atomic E-state index is 0.0299. The molecule has 13 nitrogen and oxygen atoms in total. The molecule has 5 atom stereocenters. The number of aliphatic hydroxyl groups is 2. The molecule has 0 saturated carbocycles. The van der Waals surface area contributed by atoms with Crippen molar-refractivity contribution in [1.29, 1.82) is 0 Å². The quantitative estimate of drug-likeness (QED) is 0.0802. The summed E-state index contributed by atoms with van der Waals surface area (Å²) in [6.45, 7) is 4.48. The van der Waals surface area contributed by atoms with Crippen LogP contribution in [0.2, 0.25) is 0 Å². The maximum absolute atomic E-state index is 13.6. The number of ether oxygens (including phenoxy) is 4. The van der Waals surface area contributed by atoms with E-state index in [1.54, 1.807) is 0 Å². The number of benzene rings is 1. The van der Waals surface area contributed by atoms with Gasteiger partial charge in [-0.15, -0.1) is 5.12 Å². The molecule has 2 aliphatic heterocycles. The molecule has 1 aromatic rings. The second kappa shape index (κ2) is 21.7. The van der Waals surface area contributed by atoms with E-state index in [2.05, 4.69) is 43.1 Å². The highest BCUT2D eigenvalue weighted by Gasteiger charge is 2.33. The summed E-state index contributed by atoms with van der Waals surface area (Å²) >= 11 is 0. The number of rotatable bonds is 24. The van der Waals surface area contributed by atoms with Crippen LogP contribution in [0.4, 0.5) is 0 Å². The zero-order valence-corrected chi connectivity index (χ0v) is 29.7. The van der Waals surface area contributed by atoms with Gasteiger partial charge in [-0.3, -0.25) is 9.80 Å². The number of hydrazine groups is 2. The van der Waals surface area contributed by atoms with Gasteiger partial charge in [0.05, 0.1) is 66.4 Å². The number of nitrogens with zero attached hydrogens (tertiary/aromatic N) is 3. The molecule has 0 radical (unpaired) electrons. The van der Waals surface area contributed by atoms with Gasteiger partial charge in [0.25, 0.3) is 5.91 Å². The predicted molar refractivity (Wildman–Crippen MR) is 185 cm³/mol. The minimum atomic E-state index is -0.597. The summed E-state index contributed by atoms with van der Waals surface area (Å²) in [6, 6.07) is 9.80. The van der Waals surface area contributed by atoms with E-state index in [0.717, 1.165) is 57.2 Å². The third-order valence-electron chi connectivity index (χ3n) is 8.79. The minimum Gasteiger partial charge on any atom is -0.394 e. The van der Waals surface area contributed by atoms with Crippen molar-refractivity contribution in [2.24, 2.45) is 5.73 Å². The molecule has 13 heteroatoms. The molecule has 1 fully saturated rings. The van der Waals surface area contributed by atoms with E-state index in [1.807, 2.05) is 42.5 Å². The lowest BCUT2D eigenvalue weighted by molar-refractivity contribution is -0.886. The van der Waals surface area contributed by atoms with Gasteiger partial charge in [-0.1, -0.05) is 30.3 Å². The Kier molecular flexibility index (Phi) is 18.1. The van der Waals surface area contributed by atoms with Gasteiger partial charge in [-0.05, 0) is 37.7 Å². The molecular weight excluding hydrogens is 616 g/mol. The Bertz CT molecular complexity index is 1060. The van der Waals surface area contributed by atoms with Gasteiger partial charge in [0, 0.05) is 70.4 Å². The SMILES string of the molecule is CN1NC(CCCCOCCOCCN)=CN1CCCCC(C(=O)NCC(COC1CC(O)CC(CO)O1)c1ccccc1)[N+](C)(C)C. The molecule has 2 heterocycles. The number of carbonyl (C=O) groups is 1. The summed E-state index contributed by atoms with van der Waals surface area (Å²) in [5.74, 6) is -0.0615. The number of likely N-dealkylation sites (N-methyl/N-ethyl adjacent to an activating group) is 1. The van der Waals surface area contributed by atoms with Crippen molar-refractivity contribution in [1.82, 2.24) is 20.9 Å². The number of aliphatic hydroxyl groups excluding tert-OH is 2. The van der Waals surface area contributed by atoms with Crippen LogP contribution in [0, 0.1) is 0 Å². The number of hydrogen-bond acceptors (Lipinski definition) is 11. The van der Waals surface area contributed by atoms with E-state index in [9.17, 15) is 15.0 Å². The Hall–Kier alpha value is -2.33. The summed E-state index contributed by atoms with van der Waals surface area (Å²) in [7, 11) is 8.23. The highest BCUT2D eigenvalue weighted by molar-refractivity contribution is 5.80. The first kappa shape index (κ1) is 40.1. The summed E-state index contributed by atoms with van der Waals surface area (Å²) in [6.07, 6.45) is 6.99. The Balaban J connectivity index is 1.42. The summed E-state index contributed by atoms with van der Waals surface area (Å²) in [5.41, 5.74) is 11.1. The lowest BCUT2D eigenvalue weighted by Gasteiger charge is -2.34. The Morgan fingerprint density at radius 3 is 2.54 bits per heavy atom. The van der Waals surface area contributed by atoms with Crippen LogP contribution in [-0.2, 0) is 23.7 Å². The number of hydrogen-bond donors (Lipinski definition) is 5. The molecule has 3 rings (SSSR count). The van der Waals surface area contributed by atoms with E-state index >= 15 is 0 Å². The van der Waals surface area contributed by atoms with E-state index in [1.165, 1.54) is 5.70 Å². The molecule has 1 saturated heterocycles. The standard InChI is InChI=1S/C35H62N6O7/c1-39-38-30(14-9-11-18-45-20-21-46-19-16-36)25-40(39)17-10-8-15-33(41(2,3)4)35(44)37-24-29(28-12-6-5-7-13-28)27-47-34-23-31(43)22-32(26-42)48-34/h5-7,12-13,25,29,31-34,38,42-43H,8-11,14-24,26-27,36H2,1-4H3/p+1. The molecule has 5 unspecified atom stereocenters. The molecule has 0 aliphatic carbocycles. The number of allylic oxidation sites excluding steroid dienone is 1. The van der Waals surface area contributed by atoms with Crippen LogP contribution >= 0.6 is 0 Å². The van der Waals surface area contributed by atoms with Crippen LogP contribution in [0.15, 0.2) is 42.2 Å². The van der Waals surface area contributed by atoms with E-state index in [-0.39, 0.29) is 24.5 Å². The number of nitrogens with one attached hydrogen (secondary N) is 2. The fraction of sp³-hybridized carbons (Fsp3) is 0.743. The molecule has 48 heavy (non-hydrogen) atoms. The van der Waals surface area contributed by atoms with Gasteiger partial charge in [0.2, 0.25) is 0 Å². The highest BCUT2D eigenvalue weighted by Crippen LogP contribution is 2.24. The van der Waals surface area contributed by atoms with E-state index < -0.39 is 18.5 Å². The Morgan fingerprint density at radius 1 is 1.08 bits per heavy atom. The zero-order chi connectivity index (χ0) is 34.8. The smallest absolute Gasteiger partial charge is 0.278 e. The first-order valence-corrected chi connectivity index (χ1v) is 17.6. The van der Waals surface area contributed by atoms with Gasteiger partial charge in [0.15, 0.2) is 12.3 Å². The summed E-state index contributed by atoms with van der Waals surface area (Å²) in [5, 5.41) is 27.1. The normalized spacial score (nSPS) is 21.5. The molecule has 1 aromatic carbocycles. The number of carbonyl (C=O) groups excluding carboxylic acids is 1. The lowest BCUT2D eigenvalue weighted by atomic mass is 9.99. The molecule has 1 amide bonds. The van der Waals surface area contributed by atoms with Crippen molar-refractivity contribution in [3.05, 3.63) is 47.8 Å². The monoisotopic (exact) mass is 679 g/mol. The van der Waals surface area contributed by atoms with Crippen molar-refractivity contribution in [2.75, 3.05) is 87.5 Å². The van der Waals surface area contributed by atoms with Gasteiger partial charge < -0.3 is 50.1 Å². The second-order valence-corrected chi connectivity index (χ2v) is 13.7. The molecule has 2 aliphatic rings. The van der Waals surface area contributed by atoms with Crippen LogP contribution in [0.25, 0.3) is 0 Å². The largest absolute Gasteiger partial charge is 0.394 e. The van der Waals surface area contributed by atoms with Gasteiger partial charge in [-0.25, -0.2) is 0 Å². The topological polar surface area (TPSA) is 151 Å². The third-order valence-corrected chi connectivity index (χ3v) is 8.79. The average Bonchev–Trinajstić information content (AvgIpc) is 3.41. The van der Waals surface area contributed by atoms with Gasteiger partial charge in [-0.2, -0.15) is 0 Å². The summed E-state index contributed by atoms with van der Waals surface area (Å²) < 4.78 is 23.4. The van der Waals surface area contributed by atoms with E-state index in [0.29, 0.717) is 56.8 Å². The zero-order valence-electron chi connectivity index (χ0n) is 29.7. The van der Waals surface area contributed by atoms with E-state index in [4.69, 9.17) is 24.7 Å². The predicted octanol–water partition coefficient (Wildman–Crippen LogP) is 1.68. The van der Waals surface area contributed by atoms with Crippen LogP contribution < -0.4 is 16.5 Å². The van der Waals surface area contributed by atoms with Crippen molar-refractivity contribution >= 4 is 5.91 Å². The van der Waals surface area contributed by atoms with Crippen molar-refractivity contribution in [3.63, 3.8) is 0 Å². The molecule has 6 N–H and O–H groups in total. The van der Waals surface area contributed by atoms with Crippen molar-refractivity contribution < 1.29 is 38.4 Å². The Morgan fingerprint density at radius 2 is 1.83 bits per heavy atom. The van der Waals surface area contributed by atoms with Crippen molar-refractivity contribution in [3.8, 4) is 0 Å². The fourth-order valence-electron chi connectivity index (χ4n) is 6.04. The van der Waals surface area contributed by atoms with Gasteiger partial charge >= 0.3 is 0 Å². The fourth-order valence-corrected chi connectivity index (χ4v) is 6.04. The molecule has 0 bridgehead atoms. The molecular formula is C35H63N6O7+. The lowest BCUT2D eigenvalue weighted by Crippen LogP contribution is -2.54. The average molecular weight is 680 g/mol. The highest BCUT2D eigenvalue weighted by atomic mass is 16.7. The maximum Gasteiger partial charge on any atom is 0.278 e. The maximum atomic E-state index is 13.6. The summed E-state index contributed by atoms with van der Waals surface area (Å²) in [4.78, 5) is 13.6. The van der Waals surface area contributed by atoms with Crippen LogP contribution in [0.5, 0.6) is 0 Å². The van der Waals surface area contributed by atoms with Crippen LogP contribution in [0.1, 0.15) is 62.8 Å². The Labute approximate surface area is 287 Å². The van der Waals surface area contributed by atoms with Crippen molar-refractivity contribution in [2.45, 2.75) is 81.8 Å². The van der Waals surface area contributed by atoms with Crippen LogP contribution in [-0.4, -0.2) is 143 Å².